The number of thiazole rings is 1. The Morgan fingerprint density at radius 2 is 2.12 bits per heavy atom. The number of ether oxygens (including phenoxy) is 1. The Balaban J connectivity index is 0.00000288. The molecular weight excluding hydrogens is 360 g/mol. The summed E-state index contributed by atoms with van der Waals surface area (Å²) in [4.78, 5) is 16.4. The summed E-state index contributed by atoms with van der Waals surface area (Å²) in [7, 11) is 0. The predicted octanol–water partition coefficient (Wildman–Crippen LogP) is 3.16. The maximum Gasteiger partial charge on any atom is 0.387 e. The first-order valence-corrected chi connectivity index (χ1v) is 7.88. The molecule has 0 saturated heterocycles. The van der Waals surface area contributed by atoms with Crippen molar-refractivity contribution in [2.75, 3.05) is 6.54 Å². The van der Waals surface area contributed by atoms with Gasteiger partial charge in [-0.3, -0.25) is 4.79 Å². The van der Waals surface area contributed by atoms with Gasteiger partial charge in [0.1, 0.15) is 11.4 Å². The van der Waals surface area contributed by atoms with Crippen molar-refractivity contribution in [3.63, 3.8) is 0 Å². The minimum absolute atomic E-state index is 0. The molecule has 2 rings (SSSR count). The number of nitrogens with zero attached hydrogens (tertiary/aromatic N) is 1. The van der Waals surface area contributed by atoms with E-state index >= 15 is 0 Å². The average Bonchev–Trinajstić information content (AvgIpc) is 2.96. The molecule has 9 heteroatoms. The SMILES string of the molecule is CC(NC(=O)c1csc(CCN)n1)c1ccccc1OC(F)F.Cl. The third-order valence-corrected chi connectivity index (χ3v) is 4.00. The second-order valence-corrected chi connectivity index (χ2v) is 5.72. The molecule has 0 saturated carbocycles. The van der Waals surface area contributed by atoms with Crippen LogP contribution in [-0.2, 0) is 6.42 Å². The van der Waals surface area contributed by atoms with Crippen molar-refractivity contribution in [2.24, 2.45) is 5.73 Å². The van der Waals surface area contributed by atoms with Gasteiger partial charge < -0.3 is 15.8 Å². The molecule has 0 aliphatic rings. The van der Waals surface area contributed by atoms with Gasteiger partial charge in [-0.25, -0.2) is 4.98 Å². The number of carbonyl (C=O) groups excluding carboxylic acids is 1. The van der Waals surface area contributed by atoms with Crippen molar-refractivity contribution in [3.8, 4) is 5.75 Å². The van der Waals surface area contributed by atoms with Gasteiger partial charge in [-0.15, -0.1) is 23.7 Å². The van der Waals surface area contributed by atoms with Gasteiger partial charge in [-0.1, -0.05) is 18.2 Å². The number of halogens is 3. The summed E-state index contributed by atoms with van der Waals surface area (Å²) in [5.74, 6) is -0.332. The highest BCUT2D eigenvalue weighted by Crippen LogP contribution is 2.26. The second kappa shape index (κ2) is 9.51. The van der Waals surface area contributed by atoms with E-state index in [1.165, 1.54) is 17.4 Å². The first-order chi connectivity index (χ1) is 11.0. The summed E-state index contributed by atoms with van der Waals surface area (Å²) in [6.45, 7) is -0.765. The number of para-hydroxylation sites is 1. The molecule has 1 aromatic carbocycles. The predicted molar refractivity (Wildman–Crippen MR) is 91.1 cm³/mol. The van der Waals surface area contributed by atoms with E-state index in [0.717, 1.165) is 5.01 Å². The fourth-order valence-electron chi connectivity index (χ4n) is 2.04. The molecule has 1 unspecified atom stereocenters. The van der Waals surface area contributed by atoms with Gasteiger partial charge in [0.25, 0.3) is 5.91 Å². The summed E-state index contributed by atoms with van der Waals surface area (Å²) < 4.78 is 29.4. The standard InChI is InChI=1S/C15H17F2N3O2S.ClH/c1-9(10-4-2-3-5-12(10)22-15(16)17)19-14(21)11-8-23-13(20-11)6-7-18;/h2-5,8-9,15H,6-7,18H2,1H3,(H,19,21);1H. The molecule has 5 nitrogen and oxygen atoms in total. The normalized spacial score (nSPS) is 11.7. The summed E-state index contributed by atoms with van der Waals surface area (Å²) in [5, 5.41) is 5.16. The van der Waals surface area contributed by atoms with Crippen molar-refractivity contribution in [1.82, 2.24) is 10.3 Å². The van der Waals surface area contributed by atoms with Gasteiger partial charge in [0.2, 0.25) is 0 Å². The van der Waals surface area contributed by atoms with E-state index in [4.69, 9.17) is 5.73 Å². The zero-order valence-electron chi connectivity index (χ0n) is 12.9. The lowest BCUT2D eigenvalue weighted by Crippen LogP contribution is -2.27. The van der Waals surface area contributed by atoms with Gasteiger partial charge in [-0.05, 0) is 19.5 Å². The number of alkyl halides is 2. The molecule has 1 atom stereocenters. The lowest BCUT2D eigenvalue weighted by molar-refractivity contribution is -0.0506. The zero-order chi connectivity index (χ0) is 16.8. The van der Waals surface area contributed by atoms with Gasteiger partial charge >= 0.3 is 6.61 Å². The third-order valence-electron chi connectivity index (χ3n) is 3.09. The molecule has 0 bridgehead atoms. The lowest BCUT2D eigenvalue weighted by atomic mass is 10.1. The third kappa shape index (κ3) is 5.40. The van der Waals surface area contributed by atoms with Gasteiger partial charge in [0.15, 0.2) is 0 Å². The van der Waals surface area contributed by atoms with Crippen LogP contribution in [0.3, 0.4) is 0 Å². The molecule has 0 aliphatic heterocycles. The molecule has 1 heterocycles. The van der Waals surface area contributed by atoms with E-state index in [1.807, 2.05) is 0 Å². The van der Waals surface area contributed by atoms with Crippen LogP contribution in [0.1, 0.15) is 34.0 Å². The maximum absolute atomic E-state index is 12.4. The van der Waals surface area contributed by atoms with E-state index in [1.54, 1.807) is 30.5 Å². The minimum Gasteiger partial charge on any atom is -0.434 e. The van der Waals surface area contributed by atoms with Crippen LogP contribution in [0.25, 0.3) is 0 Å². The first kappa shape index (κ1) is 20.3. The van der Waals surface area contributed by atoms with Gasteiger partial charge in [0, 0.05) is 17.4 Å². The smallest absolute Gasteiger partial charge is 0.387 e. The average molecular weight is 378 g/mol. The number of hydrogen-bond acceptors (Lipinski definition) is 5. The Hall–Kier alpha value is -1.77. The van der Waals surface area contributed by atoms with Crippen LogP contribution >= 0.6 is 23.7 Å². The largest absolute Gasteiger partial charge is 0.434 e. The number of carbonyl (C=O) groups is 1. The number of nitrogens with one attached hydrogen (secondary N) is 1. The molecule has 0 fully saturated rings. The van der Waals surface area contributed by atoms with E-state index in [-0.39, 0.29) is 29.8 Å². The van der Waals surface area contributed by atoms with Crippen LogP contribution in [-0.4, -0.2) is 24.0 Å². The van der Waals surface area contributed by atoms with Crippen LogP contribution in [0.2, 0.25) is 0 Å². The highest BCUT2D eigenvalue weighted by atomic mass is 35.5. The monoisotopic (exact) mass is 377 g/mol. The second-order valence-electron chi connectivity index (χ2n) is 4.78. The van der Waals surface area contributed by atoms with Crippen molar-refractivity contribution in [3.05, 3.63) is 45.9 Å². The molecule has 1 aromatic heterocycles. The van der Waals surface area contributed by atoms with E-state index in [2.05, 4.69) is 15.0 Å². The molecule has 0 aliphatic carbocycles. The van der Waals surface area contributed by atoms with E-state index in [0.29, 0.717) is 18.5 Å². The first-order valence-electron chi connectivity index (χ1n) is 7.00. The number of hydrogen-bond donors (Lipinski definition) is 2. The highest BCUT2D eigenvalue weighted by Gasteiger charge is 2.18. The fourth-order valence-corrected chi connectivity index (χ4v) is 2.84. The van der Waals surface area contributed by atoms with Crippen molar-refractivity contribution in [1.29, 1.82) is 0 Å². The number of amides is 1. The molecule has 0 spiro atoms. The Morgan fingerprint density at radius 3 is 2.79 bits per heavy atom. The van der Waals surface area contributed by atoms with Crippen LogP contribution in [0.5, 0.6) is 5.75 Å². The van der Waals surface area contributed by atoms with Crippen molar-refractivity contribution >= 4 is 29.7 Å². The summed E-state index contributed by atoms with van der Waals surface area (Å²) in [5.41, 5.74) is 6.21. The number of nitrogens with two attached hydrogens (primary N) is 1. The summed E-state index contributed by atoms with van der Waals surface area (Å²) in [6, 6.07) is 5.85. The van der Waals surface area contributed by atoms with Gasteiger partial charge in [-0.2, -0.15) is 8.78 Å². The highest BCUT2D eigenvalue weighted by molar-refractivity contribution is 7.09. The molecular formula is C15H18ClF2N3O2S. The van der Waals surface area contributed by atoms with Crippen LogP contribution in [0.4, 0.5) is 8.78 Å². The number of benzene rings is 1. The molecule has 24 heavy (non-hydrogen) atoms. The van der Waals surface area contributed by atoms with E-state index in [9.17, 15) is 13.6 Å². The maximum atomic E-state index is 12.4. The minimum atomic E-state index is -2.92. The summed E-state index contributed by atoms with van der Waals surface area (Å²) in [6.07, 6.45) is 0.610. The van der Waals surface area contributed by atoms with Crippen LogP contribution in [0.15, 0.2) is 29.6 Å². The zero-order valence-corrected chi connectivity index (χ0v) is 14.5. The van der Waals surface area contributed by atoms with E-state index < -0.39 is 12.7 Å². The number of aromatic nitrogens is 1. The lowest BCUT2D eigenvalue weighted by Gasteiger charge is -2.17. The van der Waals surface area contributed by atoms with Crippen LogP contribution in [0, 0.1) is 0 Å². The quantitative estimate of drug-likeness (QED) is 0.777. The Kier molecular flexibility index (Phi) is 8.03. The Bertz CT molecular complexity index is 670. The topological polar surface area (TPSA) is 77.2 Å². The van der Waals surface area contributed by atoms with Gasteiger partial charge in [0.05, 0.1) is 11.0 Å². The number of rotatable bonds is 7. The summed E-state index contributed by atoms with van der Waals surface area (Å²) >= 11 is 1.36. The Labute approximate surface area is 148 Å². The van der Waals surface area contributed by atoms with Crippen molar-refractivity contribution in [2.45, 2.75) is 26.0 Å². The molecule has 132 valence electrons. The molecule has 0 radical (unpaired) electrons. The molecule has 3 N–H and O–H groups in total. The van der Waals surface area contributed by atoms with Crippen molar-refractivity contribution < 1.29 is 18.3 Å². The molecule has 1 amide bonds. The fraction of sp³-hybridized carbons (Fsp3) is 0.333. The Morgan fingerprint density at radius 1 is 1.42 bits per heavy atom. The molecule has 2 aromatic rings. The van der Waals surface area contributed by atoms with Crippen LogP contribution < -0.4 is 15.8 Å².